The summed E-state index contributed by atoms with van der Waals surface area (Å²) >= 11 is 0. The second-order valence-corrected chi connectivity index (χ2v) is 6.86. The van der Waals surface area contributed by atoms with Gasteiger partial charge in [-0.15, -0.1) is 0 Å². The zero-order valence-corrected chi connectivity index (χ0v) is 13.0. The molecule has 4 rings (SSSR count). The maximum absolute atomic E-state index is 12.2. The summed E-state index contributed by atoms with van der Waals surface area (Å²) in [6.45, 7) is 0.905. The summed E-state index contributed by atoms with van der Waals surface area (Å²) in [4.78, 5) is 4.30. The van der Waals surface area contributed by atoms with E-state index in [0.717, 1.165) is 18.7 Å². The van der Waals surface area contributed by atoms with E-state index in [0.29, 0.717) is 30.0 Å². The van der Waals surface area contributed by atoms with Gasteiger partial charge < -0.3 is 14.8 Å². The smallest absolute Gasteiger partial charge is 0.272 e. The van der Waals surface area contributed by atoms with Crippen molar-refractivity contribution < 1.29 is 18.3 Å². The number of fused-ring (bicyclic) bond motifs is 2. The van der Waals surface area contributed by atoms with Crippen LogP contribution in [0.2, 0.25) is 0 Å². The van der Waals surface area contributed by atoms with Gasteiger partial charge in [-0.25, -0.2) is 13.8 Å². The van der Waals surface area contributed by atoms with Gasteiger partial charge in [0.05, 0.1) is 11.8 Å². The molecule has 2 saturated carbocycles. The molecule has 2 heterocycles. The Morgan fingerprint density at radius 3 is 3.00 bits per heavy atom. The number of nitrogens with one attached hydrogen (secondary N) is 1. The fraction of sp³-hybridized carbons (Fsp3) is 0.706. The first-order valence-corrected chi connectivity index (χ1v) is 8.41. The van der Waals surface area contributed by atoms with Crippen LogP contribution in [0.1, 0.15) is 31.4 Å². The molecule has 3 atom stereocenters. The van der Waals surface area contributed by atoms with E-state index in [1.165, 1.54) is 19.3 Å². The summed E-state index contributed by atoms with van der Waals surface area (Å²) in [7, 11) is 0. The van der Waals surface area contributed by atoms with E-state index < -0.39 is 13.0 Å². The molecule has 0 unspecified atom stereocenters. The summed E-state index contributed by atoms with van der Waals surface area (Å²) in [5.41, 5.74) is 1.17. The molecule has 126 valence electrons. The lowest BCUT2D eigenvalue weighted by Gasteiger charge is -2.63. The van der Waals surface area contributed by atoms with Gasteiger partial charge in [-0.3, -0.25) is 0 Å². The molecule has 1 N–H and O–H groups in total. The van der Waals surface area contributed by atoms with Crippen LogP contribution in [0.25, 0.3) is 0 Å². The van der Waals surface area contributed by atoms with E-state index in [1.54, 1.807) is 12.1 Å². The van der Waals surface area contributed by atoms with Crippen molar-refractivity contribution in [3.63, 3.8) is 0 Å². The lowest BCUT2D eigenvalue weighted by Crippen LogP contribution is -2.70. The maximum atomic E-state index is 12.2. The summed E-state index contributed by atoms with van der Waals surface area (Å²) in [6, 6.07) is 5.81. The predicted molar refractivity (Wildman–Crippen MR) is 80.5 cm³/mol. The number of alkyl halides is 2. The van der Waals surface area contributed by atoms with E-state index >= 15 is 0 Å². The molecule has 1 spiro atoms. The minimum absolute atomic E-state index is 0.263. The zero-order chi connectivity index (χ0) is 15.9. The van der Waals surface area contributed by atoms with Crippen LogP contribution in [0.5, 0.6) is 5.88 Å². The number of nitrogens with zero attached hydrogens (tertiary/aromatic N) is 1. The molecule has 1 saturated heterocycles. The van der Waals surface area contributed by atoms with Crippen molar-refractivity contribution in [3.05, 3.63) is 23.9 Å². The van der Waals surface area contributed by atoms with E-state index in [2.05, 4.69) is 10.3 Å². The number of hydrogen-bond acceptors (Lipinski definition) is 4. The van der Waals surface area contributed by atoms with E-state index in [1.807, 2.05) is 6.07 Å². The van der Waals surface area contributed by atoms with E-state index in [4.69, 9.17) is 9.47 Å². The van der Waals surface area contributed by atoms with Crippen molar-refractivity contribution in [2.24, 2.45) is 11.3 Å². The molecule has 3 fully saturated rings. The zero-order valence-electron chi connectivity index (χ0n) is 13.0. The molecule has 1 aromatic rings. The second kappa shape index (κ2) is 5.98. The topological polar surface area (TPSA) is 43.4 Å². The molecule has 3 aliphatic rings. The van der Waals surface area contributed by atoms with Crippen LogP contribution in [-0.2, 0) is 11.3 Å². The Labute approximate surface area is 134 Å². The molecule has 1 aliphatic heterocycles. The van der Waals surface area contributed by atoms with Crippen molar-refractivity contribution in [2.75, 3.05) is 13.2 Å². The van der Waals surface area contributed by atoms with Crippen LogP contribution in [0, 0.1) is 11.3 Å². The Morgan fingerprint density at radius 2 is 2.26 bits per heavy atom. The summed E-state index contributed by atoms with van der Waals surface area (Å²) in [5, 5.41) is 3.65. The Bertz CT molecular complexity index is 565. The van der Waals surface area contributed by atoms with Crippen LogP contribution in [-0.4, -0.2) is 36.8 Å². The molecule has 6 heteroatoms. The highest BCUT2D eigenvalue weighted by Crippen LogP contribution is 2.62. The van der Waals surface area contributed by atoms with Crippen molar-refractivity contribution >= 4 is 0 Å². The van der Waals surface area contributed by atoms with Crippen molar-refractivity contribution in [1.82, 2.24) is 10.3 Å². The quantitative estimate of drug-likeness (QED) is 0.874. The molecule has 0 aromatic carbocycles. The van der Waals surface area contributed by atoms with Gasteiger partial charge in [-0.05, 0) is 25.3 Å². The van der Waals surface area contributed by atoms with Gasteiger partial charge in [0, 0.05) is 36.6 Å². The molecule has 0 bridgehead atoms. The highest BCUT2D eigenvalue weighted by atomic mass is 19.3. The lowest BCUT2D eigenvalue weighted by atomic mass is 9.46. The Kier molecular flexibility index (Phi) is 3.97. The monoisotopic (exact) mass is 324 g/mol. The van der Waals surface area contributed by atoms with E-state index in [9.17, 15) is 8.78 Å². The normalized spacial score (nSPS) is 30.8. The summed E-state index contributed by atoms with van der Waals surface area (Å²) in [6.07, 6.45) is 2.89. The van der Waals surface area contributed by atoms with Gasteiger partial charge in [0.25, 0.3) is 6.43 Å². The molecule has 0 amide bonds. The third kappa shape index (κ3) is 2.62. The number of aromatic nitrogens is 1. The minimum atomic E-state index is -2.48. The average molecular weight is 324 g/mol. The predicted octanol–water partition coefficient (Wildman–Crippen LogP) is 2.77. The van der Waals surface area contributed by atoms with Crippen molar-refractivity contribution in [1.29, 1.82) is 0 Å². The number of pyridine rings is 1. The molecule has 0 radical (unpaired) electrons. The van der Waals surface area contributed by atoms with Crippen LogP contribution < -0.4 is 10.1 Å². The van der Waals surface area contributed by atoms with Gasteiger partial charge in [-0.2, -0.15) is 0 Å². The Balaban J connectivity index is 1.36. The van der Waals surface area contributed by atoms with Crippen molar-refractivity contribution in [3.8, 4) is 5.88 Å². The van der Waals surface area contributed by atoms with Crippen LogP contribution in [0.3, 0.4) is 0 Å². The third-order valence-electron chi connectivity index (χ3n) is 5.68. The average Bonchev–Trinajstić information content (AvgIpc) is 2.89. The fourth-order valence-electron chi connectivity index (χ4n) is 4.56. The molecular weight excluding hydrogens is 302 g/mol. The van der Waals surface area contributed by atoms with Gasteiger partial charge in [0.1, 0.15) is 0 Å². The summed E-state index contributed by atoms with van der Waals surface area (Å²) in [5.74, 6) is 0.882. The van der Waals surface area contributed by atoms with Gasteiger partial charge in [-0.1, -0.05) is 12.5 Å². The fourth-order valence-corrected chi connectivity index (χ4v) is 4.56. The van der Waals surface area contributed by atoms with Crippen molar-refractivity contribution in [2.45, 2.75) is 50.8 Å². The maximum Gasteiger partial charge on any atom is 0.272 e. The SMILES string of the molecule is FC(F)COc1cccc(CN[C@@H]2[C@@H]3CCO[C@H]3C23CCC3)n1. The molecule has 2 aliphatic carbocycles. The summed E-state index contributed by atoms with van der Waals surface area (Å²) < 4.78 is 35.3. The number of rotatable bonds is 6. The number of hydrogen-bond donors (Lipinski definition) is 1. The van der Waals surface area contributed by atoms with Crippen LogP contribution in [0.15, 0.2) is 18.2 Å². The Hall–Kier alpha value is -1.27. The van der Waals surface area contributed by atoms with Gasteiger partial charge in [0.15, 0.2) is 6.61 Å². The van der Waals surface area contributed by atoms with Crippen LogP contribution in [0.4, 0.5) is 8.78 Å². The largest absolute Gasteiger partial charge is 0.472 e. The molecular formula is C17H22F2N2O2. The minimum Gasteiger partial charge on any atom is -0.472 e. The number of halogens is 2. The first-order chi connectivity index (χ1) is 11.2. The molecule has 23 heavy (non-hydrogen) atoms. The van der Waals surface area contributed by atoms with Crippen LogP contribution >= 0.6 is 0 Å². The third-order valence-corrected chi connectivity index (χ3v) is 5.68. The van der Waals surface area contributed by atoms with E-state index in [-0.39, 0.29) is 5.88 Å². The van der Waals surface area contributed by atoms with Gasteiger partial charge in [0.2, 0.25) is 5.88 Å². The number of ether oxygens (including phenoxy) is 2. The first-order valence-electron chi connectivity index (χ1n) is 8.41. The lowest BCUT2D eigenvalue weighted by molar-refractivity contribution is -0.176. The molecule has 1 aromatic heterocycles. The highest BCUT2D eigenvalue weighted by molar-refractivity contribution is 5.20. The molecule has 4 nitrogen and oxygen atoms in total. The highest BCUT2D eigenvalue weighted by Gasteiger charge is 2.66. The standard InChI is InChI=1S/C17H22F2N2O2/c18-13(19)10-23-14-4-1-3-11(21-14)9-20-15-12-5-8-22-16(12)17(15)6-2-7-17/h1,3-4,12-13,15-16,20H,2,5-10H2/t12-,15+,16+/m0/s1. The first kappa shape index (κ1) is 15.3. The van der Waals surface area contributed by atoms with Gasteiger partial charge >= 0.3 is 0 Å². The second-order valence-electron chi connectivity index (χ2n) is 6.86. The Morgan fingerprint density at radius 1 is 1.39 bits per heavy atom.